The van der Waals surface area contributed by atoms with E-state index in [1.807, 2.05) is 6.92 Å². The van der Waals surface area contributed by atoms with Crippen LogP contribution in [0, 0.1) is 0 Å². The quantitative estimate of drug-likeness (QED) is 0.772. The number of aromatic nitrogens is 1. The summed E-state index contributed by atoms with van der Waals surface area (Å²) in [5.74, 6) is 0.0280. The molecule has 1 unspecified atom stereocenters. The standard InChI is InChI=1S/C12H16N4O2/c1-2-9-11(17)15-5-6-16(9)12(18)8-3-4-14-10(13)7-8/h3-4,7,9H,2,5-6H2,1H3,(H2,13,14)(H,15,17). The van der Waals surface area contributed by atoms with E-state index in [9.17, 15) is 9.59 Å². The third kappa shape index (κ3) is 2.27. The summed E-state index contributed by atoms with van der Waals surface area (Å²) in [4.78, 5) is 29.5. The van der Waals surface area contributed by atoms with Crippen molar-refractivity contribution in [3.8, 4) is 0 Å². The average Bonchev–Trinajstić information content (AvgIpc) is 2.37. The van der Waals surface area contributed by atoms with Crippen molar-refractivity contribution in [1.29, 1.82) is 0 Å². The Morgan fingerprint density at radius 2 is 2.44 bits per heavy atom. The van der Waals surface area contributed by atoms with Crippen molar-refractivity contribution in [2.24, 2.45) is 0 Å². The van der Waals surface area contributed by atoms with Gasteiger partial charge in [0.25, 0.3) is 5.91 Å². The van der Waals surface area contributed by atoms with Gasteiger partial charge in [0.1, 0.15) is 11.9 Å². The number of nitrogens with one attached hydrogen (secondary N) is 1. The number of pyridine rings is 1. The van der Waals surface area contributed by atoms with Crippen molar-refractivity contribution in [2.75, 3.05) is 18.8 Å². The summed E-state index contributed by atoms with van der Waals surface area (Å²) in [6, 6.07) is 2.74. The fourth-order valence-corrected chi connectivity index (χ4v) is 2.11. The zero-order chi connectivity index (χ0) is 13.1. The molecule has 2 amide bonds. The second-order valence-corrected chi connectivity index (χ2v) is 4.18. The second kappa shape index (κ2) is 5.03. The highest BCUT2D eigenvalue weighted by Crippen LogP contribution is 2.14. The number of rotatable bonds is 2. The molecule has 0 aliphatic carbocycles. The van der Waals surface area contributed by atoms with Crippen LogP contribution in [-0.2, 0) is 4.79 Å². The van der Waals surface area contributed by atoms with E-state index in [0.29, 0.717) is 30.9 Å². The van der Waals surface area contributed by atoms with Crippen LogP contribution >= 0.6 is 0 Å². The molecule has 6 nitrogen and oxygen atoms in total. The van der Waals surface area contributed by atoms with Gasteiger partial charge in [-0.2, -0.15) is 0 Å². The number of carbonyl (C=O) groups is 2. The van der Waals surface area contributed by atoms with Crippen LogP contribution in [0.1, 0.15) is 23.7 Å². The Morgan fingerprint density at radius 3 is 3.11 bits per heavy atom. The van der Waals surface area contributed by atoms with E-state index in [4.69, 9.17) is 5.73 Å². The van der Waals surface area contributed by atoms with Crippen LogP contribution in [0.5, 0.6) is 0 Å². The largest absolute Gasteiger partial charge is 0.384 e. The van der Waals surface area contributed by atoms with E-state index < -0.39 is 6.04 Å². The molecule has 0 radical (unpaired) electrons. The normalized spacial score (nSPS) is 19.5. The smallest absolute Gasteiger partial charge is 0.254 e. The molecule has 96 valence electrons. The van der Waals surface area contributed by atoms with Crippen LogP contribution in [0.4, 0.5) is 5.82 Å². The molecule has 0 spiro atoms. The number of hydrogen-bond acceptors (Lipinski definition) is 4. The lowest BCUT2D eigenvalue weighted by Gasteiger charge is -2.34. The van der Waals surface area contributed by atoms with E-state index in [-0.39, 0.29) is 11.8 Å². The SMILES string of the molecule is CCC1C(=O)NCCN1C(=O)c1ccnc(N)c1. The molecule has 2 heterocycles. The third-order valence-corrected chi connectivity index (χ3v) is 3.01. The molecule has 0 saturated carbocycles. The Morgan fingerprint density at radius 1 is 1.67 bits per heavy atom. The van der Waals surface area contributed by atoms with Gasteiger partial charge in [-0.1, -0.05) is 6.92 Å². The molecule has 1 aromatic rings. The molecule has 1 fully saturated rings. The van der Waals surface area contributed by atoms with Gasteiger partial charge >= 0.3 is 0 Å². The first-order chi connectivity index (χ1) is 8.63. The summed E-state index contributed by atoms with van der Waals surface area (Å²) in [7, 11) is 0. The Kier molecular flexibility index (Phi) is 3.45. The van der Waals surface area contributed by atoms with Crippen LogP contribution in [-0.4, -0.2) is 40.8 Å². The summed E-state index contributed by atoms with van der Waals surface area (Å²) in [6.45, 7) is 2.89. The lowest BCUT2D eigenvalue weighted by atomic mass is 10.1. The molecular formula is C12H16N4O2. The van der Waals surface area contributed by atoms with E-state index in [1.54, 1.807) is 11.0 Å². The molecule has 1 aromatic heterocycles. The van der Waals surface area contributed by atoms with Gasteiger partial charge in [0.15, 0.2) is 0 Å². The number of hydrogen-bond donors (Lipinski definition) is 2. The van der Waals surface area contributed by atoms with Gasteiger partial charge in [0.2, 0.25) is 5.91 Å². The number of nitrogen functional groups attached to an aromatic ring is 1. The van der Waals surface area contributed by atoms with Crippen molar-refractivity contribution >= 4 is 17.6 Å². The Labute approximate surface area is 105 Å². The molecule has 3 N–H and O–H groups in total. The van der Waals surface area contributed by atoms with Crippen LogP contribution in [0.2, 0.25) is 0 Å². The van der Waals surface area contributed by atoms with Crippen molar-refractivity contribution in [2.45, 2.75) is 19.4 Å². The fourth-order valence-electron chi connectivity index (χ4n) is 2.11. The van der Waals surface area contributed by atoms with E-state index in [2.05, 4.69) is 10.3 Å². The maximum atomic E-state index is 12.3. The van der Waals surface area contributed by atoms with Crippen molar-refractivity contribution in [3.63, 3.8) is 0 Å². The maximum absolute atomic E-state index is 12.3. The Balaban J connectivity index is 2.24. The minimum Gasteiger partial charge on any atom is -0.384 e. The van der Waals surface area contributed by atoms with Crippen LogP contribution < -0.4 is 11.1 Å². The Hall–Kier alpha value is -2.11. The first-order valence-electron chi connectivity index (χ1n) is 5.93. The highest BCUT2D eigenvalue weighted by molar-refractivity contribution is 5.98. The topological polar surface area (TPSA) is 88.3 Å². The third-order valence-electron chi connectivity index (χ3n) is 3.01. The van der Waals surface area contributed by atoms with Gasteiger partial charge in [-0.05, 0) is 18.6 Å². The van der Waals surface area contributed by atoms with E-state index >= 15 is 0 Å². The average molecular weight is 248 g/mol. The predicted octanol–water partition coefficient (Wildman–Crippen LogP) is 0.0144. The number of anilines is 1. The highest BCUT2D eigenvalue weighted by atomic mass is 16.2. The summed E-state index contributed by atoms with van der Waals surface area (Å²) in [6.07, 6.45) is 2.09. The monoisotopic (exact) mass is 248 g/mol. The second-order valence-electron chi connectivity index (χ2n) is 4.18. The lowest BCUT2D eigenvalue weighted by molar-refractivity contribution is -0.127. The molecule has 0 aromatic carbocycles. The summed E-state index contributed by atoms with van der Waals surface area (Å²) in [5.41, 5.74) is 6.03. The molecule has 1 saturated heterocycles. The van der Waals surface area contributed by atoms with Gasteiger partial charge in [-0.3, -0.25) is 9.59 Å². The van der Waals surface area contributed by atoms with Crippen LogP contribution in [0.3, 0.4) is 0 Å². The Bertz CT molecular complexity index is 475. The zero-order valence-corrected chi connectivity index (χ0v) is 10.2. The summed E-state index contributed by atoms with van der Waals surface area (Å²) in [5, 5.41) is 2.76. The highest BCUT2D eigenvalue weighted by Gasteiger charge is 2.32. The van der Waals surface area contributed by atoms with E-state index in [0.717, 1.165) is 0 Å². The lowest BCUT2D eigenvalue weighted by Crippen LogP contribution is -2.56. The fraction of sp³-hybridized carbons (Fsp3) is 0.417. The van der Waals surface area contributed by atoms with Gasteiger partial charge < -0.3 is 16.0 Å². The molecule has 0 bridgehead atoms. The van der Waals surface area contributed by atoms with Crippen molar-refractivity contribution in [1.82, 2.24) is 15.2 Å². The first kappa shape index (κ1) is 12.3. The zero-order valence-electron chi connectivity index (χ0n) is 10.2. The van der Waals surface area contributed by atoms with Gasteiger partial charge in [0, 0.05) is 24.8 Å². The predicted molar refractivity (Wildman–Crippen MR) is 66.8 cm³/mol. The molecule has 6 heteroatoms. The van der Waals surface area contributed by atoms with E-state index in [1.165, 1.54) is 12.3 Å². The molecular weight excluding hydrogens is 232 g/mol. The minimum atomic E-state index is -0.402. The van der Waals surface area contributed by atoms with Crippen LogP contribution in [0.15, 0.2) is 18.3 Å². The van der Waals surface area contributed by atoms with Gasteiger partial charge in [-0.15, -0.1) is 0 Å². The van der Waals surface area contributed by atoms with Crippen molar-refractivity contribution < 1.29 is 9.59 Å². The maximum Gasteiger partial charge on any atom is 0.254 e. The summed E-state index contributed by atoms with van der Waals surface area (Å²) >= 11 is 0. The number of nitrogens with zero attached hydrogens (tertiary/aromatic N) is 2. The summed E-state index contributed by atoms with van der Waals surface area (Å²) < 4.78 is 0. The van der Waals surface area contributed by atoms with Crippen molar-refractivity contribution in [3.05, 3.63) is 23.9 Å². The molecule has 2 rings (SSSR count). The number of nitrogens with two attached hydrogens (primary N) is 1. The number of carbonyl (C=O) groups excluding carboxylic acids is 2. The minimum absolute atomic E-state index is 0.0980. The first-order valence-corrected chi connectivity index (χ1v) is 5.93. The van der Waals surface area contributed by atoms with Gasteiger partial charge in [0.05, 0.1) is 0 Å². The molecule has 18 heavy (non-hydrogen) atoms. The molecule has 1 aliphatic rings. The molecule has 1 atom stereocenters. The van der Waals surface area contributed by atoms with Gasteiger partial charge in [-0.25, -0.2) is 4.98 Å². The van der Waals surface area contributed by atoms with Crippen LogP contribution in [0.25, 0.3) is 0 Å². The number of amides is 2. The number of piperazine rings is 1. The molecule has 1 aliphatic heterocycles.